The highest BCUT2D eigenvalue weighted by atomic mass is 19.1. The van der Waals surface area contributed by atoms with E-state index in [4.69, 9.17) is 0 Å². The number of halogens is 2. The Balaban J connectivity index is 1.95. The molecule has 0 fully saturated rings. The summed E-state index contributed by atoms with van der Waals surface area (Å²) < 4.78 is 28.3. The lowest BCUT2D eigenvalue weighted by Gasteiger charge is -2.11. The van der Waals surface area contributed by atoms with Gasteiger partial charge in [0.25, 0.3) is 0 Å². The SMILES string of the molecule is CNc1nc(-c2cnccn2)nc2c(F)cc(-c3cccc(F)c3)cc12. The van der Waals surface area contributed by atoms with Gasteiger partial charge in [0, 0.05) is 24.8 Å². The number of hydrogen-bond donors (Lipinski definition) is 1. The summed E-state index contributed by atoms with van der Waals surface area (Å²) in [6, 6.07) is 9.07. The van der Waals surface area contributed by atoms with Crippen molar-refractivity contribution in [2.45, 2.75) is 0 Å². The first-order chi connectivity index (χ1) is 12.7. The standard InChI is InChI=1S/C19H13F2N5/c1-22-18-14-8-12(11-3-2-4-13(20)7-11)9-15(21)17(14)25-19(26-18)16-10-23-5-6-24-16/h2-10H,1H3,(H,22,25,26). The molecule has 0 saturated heterocycles. The van der Waals surface area contributed by atoms with Crippen LogP contribution in [0, 0.1) is 11.6 Å². The lowest BCUT2D eigenvalue weighted by molar-refractivity contribution is 0.628. The molecule has 5 nitrogen and oxygen atoms in total. The van der Waals surface area contributed by atoms with Gasteiger partial charge in [-0.25, -0.2) is 23.7 Å². The number of nitrogens with zero attached hydrogens (tertiary/aromatic N) is 4. The van der Waals surface area contributed by atoms with Gasteiger partial charge >= 0.3 is 0 Å². The minimum absolute atomic E-state index is 0.158. The van der Waals surface area contributed by atoms with Crippen molar-refractivity contribution in [1.82, 2.24) is 19.9 Å². The van der Waals surface area contributed by atoms with Gasteiger partial charge in [-0.2, -0.15) is 0 Å². The molecule has 26 heavy (non-hydrogen) atoms. The first kappa shape index (κ1) is 16.0. The van der Waals surface area contributed by atoms with Crippen LogP contribution in [0.1, 0.15) is 0 Å². The minimum atomic E-state index is -0.522. The van der Waals surface area contributed by atoms with Gasteiger partial charge in [0.2, 0.25) is 0 Å². The van der Waals surface area contributed by atoms with Crippen LogP contribution in [0.3, 0.4) is 0 Å². The second-order valence-electron chi connectivity index (χ2n) is 5.60. The molecule has 1 N–H and O–H groups in total. The van der Waals surface area contributed by atoms with Gasteiger partial charge in [-0.15, -0.1) is 0 Å². The van der Waals surface area contributed by atoms with E-state index in [0.29, 0.717) is 28.0 Å². The van der Waals surface area contributed by atoms with Crippen LogP contribution >= 0.6 is 0 Å². The average molecular weight is 349 g/mol. The highest BCUT2D eigenvalue weighted by Crippen LogP contribution is 2.31. The zero-order chi connectivity index (χ0) is 18.1. The second kappa shape index (κ2) is 6.44. The summed E-state index contributed by atoms with van der Waals surface area (Å²) in [5.74, 6) is -0.183. The highest BCUT2D eigenvalue weighted by Gasteiger charge is 2.15. The maximum Gasteiger partial charge on any atom is 0.182 e. The monoisotopic (exact) mass is 349 g/mol. The molecule has 0 aliphatic heterocycles. The molecule has 2 aromatic heterocycles. The predicted octanol–water partition coefficient (Wildman–Crippen LogP) is 4.07. The quantitative estimate of drug-likeness (QED) is 0.604. The fourth-order valence-electron chi connectivity index (χ4n) is 2.74. The minimum Gasteiger partial charge on any atom is -0.373 e. The lowest BCUT2D eigenvalue weighted by Crippen LogP contribution is -2.01. The van der Waals surface area contributed by atoms with Crippen LogP contribution in [-0.4, -0.2) is 27.0 Å². The summed E-state index contributed by atoms with van der Waals surface area (Å²) in [4.78, 5) is 16.9. The zero-order valence-corrected chi connectivity index (χ0v) is 13.7. The van der Waals surface area contributed by atoms with Crippen LogP contribution in [-0.2, 0) is 0 Å². The molecule has 2 heterocycles. The molecule has 4 rings (SSSR count). The Hall–Kier alpha value is -3.48. The summed E-state index contributed by atoms with van der Waals surface area (Å²) in [5, 5.41) is 3.46. The molecule has 0 aliphatic carbocycles. The lowest BCUT2D eigenvalue weighted by atomic mass is 10.0. The van der Waals surface area contributed by atoms with E-state index >= 15 is 0 Å². The van der Waals surface area contributed by atoms with E-state index in [1.807, 2.05) is 0 Å². The van der Waals surface area contributed by atoms with Crippen molar-refractivity contribution in [3.8, 4) is 22.6 Å². The molecular formula is C19H13F2N5. The number of rotatable bonds is 3. The Morgan fingerprint density at radius 2 is 1.85 bits per heavy atom. The van der Waals surface area contributed by atoms with Crippen molar-refractivity contribution in [3.63, 3.8) is 0 Å². The second-order valence-corrected chi connectivity index (χ2v) is 5.60. The molecule has 0 unspecified atom stereocenters. The van der Waals surface area contributed by atoms with Crippen molar-refractivity contribution in [2.75, 3.05) is 12.4 Å². The topological polar surface area (TPSA) is 63.6 Å². The normalized spacial score (nSPS) is 10.9. The van der Waals surface area contributed by atoms with E-state index in [0.717, 1.165) is 0 Å². The summed E-state index contributed by atoms with van der Waals surface area (Å²) in [5.41, 5.74) is 1.72. The molecule has 0 saturated carbocycles. The van der Waals surface area contributed by atoms with E-state index in [1.54, 1.807) is 25.2 Å². The Labute approximate surface area is 147 Å². The molecule has 0 aliphatic rings. The molecule has 128 valence electrons. The van der Waals surface area contributed by atoms with Gasteiger partial charge in [-0.05, 0) is 35.4 Å². The predicted molar refractivity (Wildman–Crippen MR) is 95.5 cm³/mol. The molecule has 0 bridgehead atoms. The summed E-state index contributed by atoms with van der Waals surface area (Å²) >= 11 is 0. The first-order valence-electron chi connectivity index (χ1n) is 7.87. The van der Waals surface area contributed by atoms with Crippen LogP contribution in [0.15, 0.2) is 55.0 Å². The maximum absolute atomic E-state index is 14.8. The fourth-order valence-corrected chi connectivity index (χ4v) is 2.74. The van der Waals surface area contributed by atoms with Crippen molar-refractivity contribution in [3.05, 3.63) is 66.6 Å². The molecule has 7 heteroatoms. The number of fused-ring (bicyclic) bond motifs is 1. The Kier molecular flexibility index (Phi) is 3.96. The Morgan fingerprint density at radius 3 is 2.58 bits per heavy atom. The zero-order valence-electron chi connectivity index (χ0n) is 13.7. The van der Waals surface area contributed by atoms with Gasteiger partial charge < -0.3 is 5.32 Å². The van der Waals surface area contributed by atoms with Gasteiger partial charge in [0.05, 0.1) is 6.20 Å². The van der Waals surface area contributed by atoms with E-state index in [1.165, 1.54) is 36.8 Å². The largest absolute Gasteiger partial charge is 0.373 e. The number of hydrogen-bond acceptors (Lipinski definition) is 5. The molecule has 0 radical (unpaired) electrons. The molecule has 0 spiro atoms. The summed E-state index contributed by atoms with van der Waals surface area (Å²) in [6.07, 6.45) is 4.57. The smallest absolute Gasteiger partial charge is 0.182 e. The molecular weight excluding hydrogens is 336 g/mol. The van der Waals surface area contributed by atoms with E-state index in [2.05, 4.69) is 25.3 Å². The van der Waals surface area contributed by atoms with E-state index in [9.17, 15) is 8.78 Å². The van der Waals surface area contributed by atoms with Crippen molar-refractivity contribution < 1.29 is 8.78 Å². The molecule has 4 aromatic rings. The third kappa shape index (κ3) is 2.83. The van der Waals surface area contributed by atoms with Crippen LogP contribution in [0.4, 0.5) is 14.6 Å². The first-order valence-corrected chi connectivity index (χ1v) is 7.87. The van der Waals surface area contributed by atoms with Crippen molar-refractivity contribution in [2.24, 2.45) is 0 Å². The van der Waals surface area contributed by atoms with Gasteiger partial charge in [0.15, 0.2) is 5.82 Å². The average Bonchev–Trinajstić information content (AvgIpc) is 2.68. The molecule has 2 aromatic carbocycles. The summed E-state index contributed by atoms with van der Waals surface area (Å²) in [6.45, 7) is 0. The van der Waals surface area contributed by atoms with Gasteiger partial charge in [-0.3, -0.25) is 4.98 Å². The Bertz CT molecular complexity index is 1100. The van der Waals surface area contributed by atoms with Crippen LogP contribution in [0.25, 0.3) is 33.5 Å². The van der Waals surface area contributed by atoms with Crippen molar-refractivity contribution >= 4 is 16.7 Å². The number of benzene rings is 2. The number of anilines is 1. The third-order valence-corrected chi connectivity index (χ3v) is 3.94. The van der Waals surface area contributed by atoms with Crippen LogP contribution in [0.5, 0.6) is 0 Å². The number of aromatic nitrogens is 4. The van der Waals surface area contributed by atoms with Gasteiger partial charge in [-0.1, -0.05) is 12.1 Å². The summed E-state index contributed by atoms with van der Waals surface area (Å²) in [7, 11) is 1.69. The van der Waals surface area contributed by atoms with Crippen molar-refractivity contribution in [1.29, 1.82) is 0 Å². The fraction of sp³-hybridized carbons (Fsp3) is 0.0526. The van der Waals surface area contributed by atoms with Crippen LogP contribution in [0.2, 0.25) is 0 Å². The highest BCUT2D eigenvalue weighted by molar-refractivity contribution is 5.94. The maximum atomic E-state index is 14.8. The van der Waals surface area contributed by atoms with Crippen LogP contribution < -0.4 is 5.32 Å². The van der Waals surface area contributed by atoms with Gasteiger partial charge in [0.1, 0.15) is 28.7 Å². The number of nitrogens with one attached hydrogen (secondary N) is 1. The Morgan fingerprint density at radius 1 is 0.962 bits per heavy atom. The van der Waals surface area contributed by atoms with E-state index in [-0.39, 0.29) is 17.2 Å². The molecule has 0 amide bonds. The molecule has 0 atom stereocenters. The third-order valence-electron chi connectivity index (χ3n) is 3.94. The van der Waals surface area contributed by atoms with E-state index < -0.39 is 5.82 Å².